The number of sulfone groups is 1. The van der Waals surface area contributed by atoms with E-state index in [-0.39, 0.29) is 23.8 Å². The lowest BCUT2D eigenvalue weighted by Crippen LogP contribution is -2.32. The Labute approximate surface area is 167 Å². The van der Waals surface area contributed by atoms with Gasteiger partial charge in [0.15, 0.2) is 9.84 Å². The van der Waals surface area contributed by atoms with Crippen LogP contribution in [-0.4, -0.2) is 20.9 Å². The van der Waals surface area contributed by atoms with Gasteiger partial charge in [0, 0.05) is 16.4 Å². The van der Waals surface area contributed by atoms with Gasteiger partial charge in [-0.1, -0.05) is 48.0 Å². The first-order valence-electron chi connectivity index (χ1n) is 8.30. The smallest absolute Gasteiger partial charge is 0.224 e. The number of hydrogen-bond donors (Lipinski definition) is 1. The van der Waals surface area contributed by atoms with E-state index >= 15 is 0 Å². The number of carbonyl (C=O) groups excluding carboxylic acids is 1. The van der Waals surface area contributed by atoms with Crippen LogP contribution in [0.25, 0.3) is 0 Å². The van der Waals surface area contributed by atoms with E-state index in [2.05, 4.69) is 5.32 Å². The first-order chi connectivity index (χ1) is 13.0. The number of halogens is 1. The van der Waals surface area contributed by atoms with Crippen molar-refractivity contribution < 1.29 is 13.2 Å². The minimum atomic E-state index is -3.62. The highest BCUT2D eigenvalue weighted by molar-refractivity contribution is 7.91. The highest BCUT2D eigenvalue weighted by Gasteiger charge is 2.30. The van der Waals surface area contributed by atoms with Crippen LogP contribution in [0.5, 0.6) is 0 Å². The van der Waals surface area contributed by atoms with Crippen molar-refractivity contribution >= 4 is 38.7 Å². The predicted octanol–water partition coefficient (Wildman–Crippen LogP) is 4.28. The first-order valence-corrected chi connectivity index (χ1v) is 11.1. The number of thiophene rings is 1. The van der Waals surface area contributed by atoms with Crippen LogP contribution < -0.4 is 5.32 Å². The van der Waals surface area contributed by atoms with Crippen LogP contribution in [0.3, 0.4) is 0 Å². The quantitative estimate of drug-likeness (QED) is 0.621. The van der Waals surface area contributed by atoms with E-state index in [0.717, 1.165) is 5.56 Å². The Hall–Kier alpha value is -2.15. The van der Waals surface area contributed by atoms with Crippen LogP contribution in [0, 0.1) is 0 Å². The van der Waals surface area contributed by atoms with Crippen molar-refractivity contribution in [3.8, 4) is 0 Å². The normalized spacial score (nSPS) is 12.5. The van der Waals surface area contributed by atoms with Crippen molar-refractivity contribution in [1.82, 2.24) is 5.32 Å². The SMILES string of the molecule is O=C(Cc1ccc(Cl)cc1)NC[C@H](c1cccs1)S(=O)(=O)c1ccccc1. The number of carbonyl (C=O) groups is 1. The number of amides is 1. The fourth-order valence-corrected chi connectivity index (χ4v) is 5.60. The van der Waals surface area contributed by atoms with E-state index < -0.39 is 15.1 Å². The maximum Gasteiger partial charge on any atom is 0.224 e. The first kappa shape index (κ1) is 19.6. The molecule has 4 nitrogen and oxygen atoms in total. The Morgan fingerprint density at radius 2 is 1.70 bits per heavy atom. The molecule has 0 radical (unpaired) electrons. The second-order valence-electron chi connectivity index (χ2n) is 5.97. The van der Waals surface area contributed by atoms with E-state index in [1.54, 1.807) is 60.7 Å². The van der Waals surface area contributed by atoms with E-state index in [1.165, 1.54) is 11.3 Å². The molecule has 1 atom stereocenters. The molecule has 3 aromatic rings. The van der Waals surface area contributed by atoms with Gasteiger partial charge in [-0.2, -0.15) is 0 Å². The van der Waals surface area contributed by atoms with Crippen molar-refractivity contribution in [2.24, 2.45) is 0 Å². The number of benzene rings is 2. The molecular formula is C20H18ClNO3S2. The molecule has 2 aromatic carbocycles. The number of nitrogens with one attached hydrogen (secondary N) is 1. The fourth-order valence-electron chi connectivity index (χ4n) is 2.67. The van der Waals surface area contributed by atoms with Crippen molar-refractivity contribution in [3.05, 3.63) is 87.6 Å². The third-order valence-electron chi connectivity index (χ3n) is 4.07. The second-order valence-corrected chi connectivity index (χ2v) is 9.52. The molecule has 1 N–H and O–H groups in total. The van der Waals surface area contributed by atoms with Gasteiger partial charge in [-0.3, -0.25) is 4.79 Å². The molecule has 1 amide bonds. The van der Waals surface area contributed by atoms with Crippen LogP contribution in [-0.2, 0) is 21.1 Å². The molecule has 0 aliphatic heterocycles. The molecule has 0 spiro atoms. The molecule has 1 heterocycles. The second kappa shape index (κ2) is 8.69. The van der Waals surface area contributed by atoms with Gasteiger partial charge in [-0.15, -0.1) is 11.3 Å². The topological polar surface area (TPSA) is 63.2 Å². The van der Waals surface area contributed by atoms with E-state index in [1.807, 2.05) is 11.4 Å². The summed E-state index contributed by atoms with van der Waals surface area (Å²) in [7, 11) is -3.62. The largest absolute Gasteiger partial charge is 0.354 e. The Balaban J connectivity index is 1.75. The average molecular weight is 420 g/mol. The van der Waals surface area contributed by atoms with Gasteiger partial charge in [0.25, 0.3) is 0 Å². The van der Waals surface area contributed by atoms with Crippen molar-refractivity contribution in [2.45, 2.75) is 16.6 Å². The Kier molecular flexibility index (Phi) is 6.31. The number of hydrogen-bond acceptors (Lipinski definition) is 4. The lowest BCUT2D eigenvalue weighted by molar-refractivity contribution is -0.120. The molecule has 7 heteroatoms. The Bertz CT molecular complexity index is 985. The van der Waals surface area contributed by atoms with Gasteiger partial charge in [0.1, 0.15) is 5.25 Å². The summed E-state index contributed by atoms with van der Waals surface area (Å²) in [5.74, 6) is -0.234. The molecule has 0 aliphatic carbocycles. The molecule has 0 aliphatic rings. The van der Waals surface area contributed by atoms with E-state index in [0.29, 0.717) is 9.90 Å². The molecule has 0 bridgehead atoms. The predicted molar refractivity (Wildman–Crippen MR) is 109 cm³/mol. The average Bonchev–Trinajstić information content (AvgIpc) is 3.18. The summed E-state index contributed by atoms with van der Waals surface area (Å²) in [4.78, 5) is 13.2. The van der Waals surface area contributed by atoms with Crippen LogP contribution >= 0.6 is 22.9 Å². The van der Waals surface area contributed by atoms with Gasteiger partial charge in [0.05, 0.1) is 11.3 Å². The minimum Gasteiger partial charge on any atom is -0.354 e. The maximum atomic E-state index is 13.1. The van der Waals surface area contributed by atoms with Crippen LogP contribution in [0.4, 0.5) is 0 Å². The summed E-state index contributed by atoms with van der Waals surface area (Å²) >= 11 is 7.21. The number of rotatable bonds is 7. The summed E-state index contributed by atoms with van der Waals surface area (Å²) in [5.41, 5.74) is 0.815. The van der Waals surface area contributed by atoms with Crippen molar-refractivity contribution in [3.63, 3.8) is 0 Å². The molecule has 0 unspecified atom stereocenters. The molecule has 3 rings (SSSR count). The zero-order valence-electron chi connectivity index (χ0n) is 14.3. The van der Waals surface area contributed by atoms with Crippen LogP contribution in [0.1, 0.15) is 15.7 Å². The van der Waals surface area contributed by atoms with Crippen molar-refractivity contribution in [1.29, 1.82) is 0 Å². The zero-order valence-corrected chi connectivity index (χ0v) is 16.7. The van der Waals surface area contributed by atoms with Gasteiger partial charge in [-0.25, -0.2) is 8.42 Å². The van der Waals surface area contributed by atoms with Gasteiger partial charge < -0.3 is 5.32 Å². The molecule has 1 aromatic heterocycles. The third-order valence-corrected chi connectivity index (χ3v) is 7.56. The summed E-state index contributed by atoms with van der Waals surface area (Å²) in [5, 5.41) is 4.38. The minimum absolute atomic E-state index is 0.0180. The molecular weight excluding hydrogens is 402 g/mol. The summed E-state index contributed by atoms with van der Waals surface area (Å²) < 4.78 is 26.2. The lowest BCUT2D eigenvalue weighted by Gasteiger charge is -2.17. The van der Waals surface area contributed by atoms with Crippen LogP contribution in [0.2, 0.25) is 5.02 Å². The summed E-state index contributed by atoms with van der Waals surface area (Å²) in [6, 6.07) is 18.9. The maximum absolute atomic E-state index is 13.1. The van der Waals surface area contributed by atoms with E-state index in [9.17, 15) is 13.2 Å². The highest BCUT2D eigenvalue weighted by Crippen LogP contribution is 2.31. The fraction of sp³-hybridized carbons (Fsp3) is 0.150. The summed E-state index contributed by atoms with van der Waals surface area (Å²) in [6.45, 7) is 0.0180. The van der Waals surface area contributed by atoms with E-state index in [4.69, 9.17) is 11.6 Å². The van der Waals surface area contributed by atoms with Gasteiger partial charge >= 0.3 is 0 Å². The highest BCUT2D eigenvalue weighted by atomic mass is 35.5. The zero-order chi connectivity index (χ0) is 19.3. The standard InChI is InChI=1S/C20H18ClNO3S2/c21-16-10-8-15(9-11-16)13-20(23)22-14-19(18-7-4-12-26-18)27(24,25)17-5-2-1-3-6-17/h1-12,19H,13-14H2,(H,22,23)/t19-/m1/s1. The van der Waals surface area contributed by atoms with Crippen LogP contribution in [0.15, 0.2) is 77.0 Å². The molecule has 27 heavy (non-hydrogen) atoms. The van der Waals surface area contributed by atoms with Gasteiger partial charge in [-0.05, 0) is 41.3 Å². The third kappa shape index (κ3) is 4.97. The Morgan fingerprint density at radius 1 is 1.00 bits per heavy atom. The van der Waals surface area contributed by atoms with Crippen molar-refractivity contribution in [2.75, 3.05) is 6.54 Å². The summed E-state index contributed by atoms with van der Waals surface area (Å²) in [6.07, 6.45) is 0.166. The molecule has 140 valence electrons. The molecule has 0 saturated carbocycles. The molecule has 0 fully saturated rings. The lowest BCUT2D eigenvalue weighted by atomic mass is 10.1. The molecule has 0 saturated heterocycles. The Morgan fingerprint density at radius 3 is 2.33 bits per heavy atom. The monoisotopic (exact) mass is 419 g/mol. The van der Waals surface area contributed by atoms with Gasteiger partial charge in [0.2, 0.25) is 5.91 Å².